The summed E-state index contributed by atoms with van der Waals surface area (Å²) in [6, 6.07) is 1.94. The maximum atomic E-state index is 5.95. The van der Waals surface area contributed by atoms with Crippen LogP contribution in [0.3, 0.4) is 0 Å². The van der Waals surface area contributed by atoms with Crippen LogP contribution in [0.5, 0.6) is 11.5 Å². The molecular formula is C14H22N2O2. The van der Waals surface area contributed by atoms with Gasteiger partial charge in [0.1, 0.15) is 11.4 Å². The summed E-state index contributed by atoms with van der Waals surface area (Å²) in [6.45, 7) is 6.09. The van der Waals surface area contributed by atoms with Gasteiger partial charge in [-0.25, -0.2) is 4.98 Å². The summed E-state index contributed by atoms with van der Waals surface area (Å²) in [6.07, 6.45) is 4.43. The van der Waals surface area contributed by atoms with Gasteiger partial charge in [0, 0.05) is 20.2 Å². The predicted octanol–water partition coefficient (Wildman–Crippen LogP) is 2.87. The second-order valence-corrected chi connectivity index (χ2v) is 5.92. The highest BCUT2D eigenvalue weighted by molar-refractivity contribution is 5.54. The average molecular weight is 250 g/mol. The summed E-state index contributed by atoms with van der Waals surface area (Å²) in [7, 11) is 3.92. The van der Waals surface area contributed by atoms with Crippen molar-refractivity contribution in [3.05, 3.63) is 12.3 Å². The van der Waals surface area contributed by atoms with Crippen molar-refractivity contribution in [2.24, 2.45) is 0 Å². The quantitative estimate of drug-likeness (QED) is 0.823. The summed E-state index contributed by atoms with van der Waals surface area (Å²) in [5.41, 5.74) is -0.245. The molecule has 4 heteroatoms. The van der Waals surface area contributed by atoms with Gasteiger partial charge < -0.3 is 14.4 Å². The van der Waals surface area contributed by atoms with Crippen molar-refractivity contribution < 1.29 is 9.47 Å². The predicted molar refractivity (Wildman–Crippen MR) is 72.6 cm³/mol. The molecule has 0 unspecified atom stereocenters. The third kappa shape index (κ3) is 3.52. The Hall–Kier alpha value is -1.45. The van der Waals surface area contributed by atoms with Crippen LogP contribution < -0.4 is 14.4 Å². The lowest BCUT2D eigenvalue weighted by molar-refractivity contribution is 0.130. The molecule has 0 amide bonds. The molecule has 0 aromatic carbocycles. The third-order valence-electron chi connectivity index (χ3n) is 2.47. The second kappa shape index (κ2) is 4.67. The SMILES string of the molecule is CN(C)c1ncc(OC2CC2)cc1OC(C)(C)C. The van der Waals surface area contributed by atoms with Crippen molar-refractivity contribution in [3.8, 4) is 11.5 Å². The molecule has 4 nitrogen and oxygen atoms in total. The Morgan fingerprint density at radius 3 is 2.44 bits per heavy atom. The van der Waals surface area contributed by atoms with E-state index in [0.29, 0.717) is 6.10 Å². The number of rotatable bonds is 4. The van der Waals surface area contributed by atoms with E-state index in [4.69, 9.17) is 9.47 Å². The van der Waals surface area contributed by atoms with E-state index in [9.17, 15) is 0 Å². The van der Waals surface area contributed by atoms with Crippen LogP contribution in [-0.4, -0.2) is 30.8 Å². The molecule has 0 atom stereocenters. The molecular weight excluding hydrogens is 228 g/mol. The Labute approximate surface area is 109 Å². The van der Waals surface area contributed by atoms with Crippen LogP contribution in [0, 0.1) is 0 Å². The lowest BCUT2D eigenvalue weighted by Crippen LogP contribution is -2.25. The zero-order valence-electron chi connectivity index (χ0n) is 11.9. The van der Waals surface area contributed by atoms with Gasteiger partial charge in [-0.1, -0.05) is 0 Å². The minimum absolute atomic E-state index is 0.245. The fraction of sp³-hybridized carbons (Fsp3) is 0.643. The van der Waals surface area contributed by atoms with Gasteiger partial charge in [-0.05, 0) is 33.6 Å². The van der Waals surface area contributed by atoms with Gasteiger partial charge in [0.25, 0.3) is 0 Å². The number of anilines is 1. The summed E-state index contributed by atoms with van der Waals surface area (Å²) in [5.74, 6) is 2.39. The minimum Gasteiger partial charge on any atom is -0.489 e. The molecule has 0 radical (unpaired) electrons. The molecule has 1 aliphatic carbocycles. The molecule has 1 saturated carbocycles. The fourth-order valence-corrected chi connectivity index (χ4v) is 1.60. The maximum Gasteiger partial charge on any atom is 0.171 e. The Morgan fingerprint density at radius 1 is 1.28 bits per heavy atom. The molecule has 0 aliphatic heterocycles. The molecule has 0 N–H and O–H groups in total. The molecule has 0 bridgehead atoms. The Bertz CT molecular complexity index is 420. The summed E-state index contributed by atoms with van der Waals surface area (Å²) in [4.78, 5) is 6.37. The van der Waals surface area contributed by atoms with Gasteiger partial charge in [-0.15, -0.1) is 0 Å². The topological polar surface area (TPSA) is 34.6 Å². The van der Waals surface area contributed by atoms with E-state index in [1.807, 2.05) is 45.8 Å². The van der Waals surface area contributed by atoms with Crippen LogP contribution >= 0.6 is 0 Å². The highest BCUT2D eigenvalue weighted by Gasteiger charge is 2.25. The van der Waals surface area contributed by atoms with E-state index < -0.39 is 0 Å². The number of pyridine rings is 1. The smallest absolute Gasteiger partial charge is 0.171 e. The Kier molecular flexibility index (Phi) is 3.37. The van der Waals surface area contributed by atoms with Crippen molar-refractivity contribution in [1.29, 1.82) is 0 Å². The van der Waals surface area contributed by atoms with E-state index in [1.165, 1.54) is 0 Å². The summed E-state index contributed by atoms with van der Waals surface area (Å²) < 4.78 is 11.7. The van der Waals surface area contributed by atoms with E-state index >= 15 is 0 Å². The van der Waals surface area contributed by atoms with Crippen molar-refractivity contribution in [1.82, 2.24) is 4.98 Å². The van der Waals surface area contributed by atoms with Crippen LogP contribution in [-0.2, 0) is 0 Å². The van der Waals surface area contributed by atoms with Crippen molar-refractivity contribution in [3.63, 3.8) is 0 Å². The van der Waals surface area contributed by atoms with Crippen LogP contribution in [0.25, 0.3) is 0 Å². The number of nitrogens with zero attached hydrogens (tertiary/aromatic N) is 2. The zero-order valence-corrected chi connectivity index (χ0v) is 11.9. The van der Waals surface area contributed by atoms with Crippen LogP contribution in [0.15, 0.2) is 12.3 Å². The van der Waals surface area contributed by atoms with Gasteiger partial charge in [0.05, 0.1) is 12.3 Å². The first kappa shape index (κ1) is 13.0. The summed E-state index contributed by atoms with van der Waals surface area (Å²) >= 11 is 0. The van der Waals surface area contributed by atoms with Crippen LogP contribution in [0.1, 0.15) is 33.6 Å². The number of ether oxygens (including phenoxy) is 2. The van der Waals surface area contributed by atoms with E-state index in [1.54, 1.807) is 6.20 Å². The van der Waals surface area contributed by atoms with Crippen LogP contribution in [0.2, 0.25) is 0 Å². The monoisotopic (exact) mass is 250 g/mol. The first-order chi connectivity index (χ1) is 8.35. The molecule has 1 fully saturated rings. The first-order valence-electron chi connectivity index (χ1n) is 6.38. The zero-order chi connectivity index (χ0) is 13.3. The van der Waals surface area contributed by atoms with Crippen molar-refractivity contribution in [2.75, 3.05) is 19.0 Å². The van der Waals surface area contributed by atoms with Crippen molar-refractivity contribution >= 4 is 5.82 Å². The summed E-state index contributed by atoms with van der Waals surface area (Å²) in [5, 5.41) is 0. The van der Waals surface area contributed by atoms with Gasteiger partial charge >= 0.3 is 0 Å². The van der Waals surface area contributed by atoms with Gasteiger partial charge in [0.2, 0.25) is 0 Å². The van der Waals surface area contributed by atoms with E-state index in [-0.39, 0.29) is 5.60 Å². The lowest BCUT2D eigenvalue weighted by Gasteiger charge is -2.25. The van der Waals surface area contributed by atoms with Gasteiger partial charge in [0.15, 0.2) is 11.6 Å². The number of aromatic nitrogens is 1. The molecule has 0 spiro atoms. The molecule has 0 saturated heterocycles. The molecule has 100 valence electrons. The largest absolute Gasteiger partial charge is 0.489 e. The molecule has 1 aliphatic rings. The molecule has 18 heavy (non-hydrogen) atoms. The van der Waals surface area contributed by atoms with E-state index in [2.05, 4.69) is 4.98 Å². The first-order valence-corrected chi connectivity index (χ1v) is 6.38. The molecule has 2 rings (SSSR count). The normalized spacial score (nSPS) is 15.4. The average Bonchev–Trinajstić information content (AvgIpc) is 2.98. The lowest BCUT2D eigenvalue weighted by atomic mass is 10.2. The van der Waals surface area contributed by atoms with Crippen molar-refractivity contribution in [2.45, 2.75) is 45.3 Å². The van der Waals surface area contributed by atoms with Gasteiger partial charge in [-0.2, -0.15) is 0 Å². The van der Waals surface area contributed by atoms with Crippen LogP contribution in [0.4, 0.5) is 5.82 Å². The molecule has 1 aromatic heterocycles. The molecule has 1 aromatic rings. The number of hydrogen-bond acceptors (Lipinski definition) is 4. The maximum absolute atomic E-state index is 5.95. The van der Waals surface area contributed by atoms with E-state index in [0.717, 1.165) is 30.2 Å². The third-order valence-corrected chi connectivity index (χ3v) is 2.47. The fourth-order valence-electron chi connectivity index (χ4n) is 1.60. The minimum atomic E-state index is -0.245. The Morgan fingerprint density at radius 2 is 1.94 bits per heavy atom. The molecule has 1 heterocycles. The number of hydrogen-bond donors (Lipinski definition) is 0. The highest BCUT2D eigenvalue weighted by atomic mass is 16.5. The standard InChI is InChI=1S/C14H22N2O2/c1-14(2,3)18-12-8-11(17-10-6-7-10)9-15-13(12)16(4)5/h8-10H,6-7H2,1-5H3. The second-order valence-electron chi connectivity index (χ2n) is 5.92. The van der Waals surface area contributed by atoms with Gasteiger partial charge in [-0.3, -0.25) is 0 Å². The Balaban J connectivity index is 2.24. The highest BCUT2D eigenvalue weighted by Crippen LogP contribution is 2.34.